The average molecular weight is 947 g/mol. The molecule has 0 bridgehead atoms. The molecule has 0 fully saturated rings. The highest BCUT2D eigenvalue weighted by Crippen LogP contribution is 2.54. The van der Waals surface area contributed by atoms with Gasteiger partial charge < -0.3 is 34.8 Å². The van der Waals surface area contributed by atoms with Crippen molar-refractivity contribution in [2.45, 2.75) is 77.6 Å². The standard InChI is InChI=1S/C56H56ClN5O7/c1-33-44(45-30-40(67-2)18-20-48(45)62(33)56(65)34-13-16-39(57)17-14-34)31-49(63)58-21-3-4-22-59-55(64)37-15-19-41(38(27-37)32-68-66)50-46-28-35-9-5-23-60-25-7-11-42(51(35)60)53(46)69-54-43-12-8-26-61-24-6-10-36(52(43)61)29-47(50)54/h13-20,27-30,32,66H,3-12,21-26,31H2,1-2H3,(H,58,63)(H,59,64)/b38-32+. The van der Waals surface area contributed by atoms with Crippen LogP contribution >= 0.6 is 11.6 Å². The largest absolute Gasteiger partial charge is 0.497 e. The third-order valence-electron chi connectivity index (χ3n) is 14.8. The topological polar surface area (TPSA) is 135 Å². The number of rotatable bonds is 11. The molecule has 5 aliphatic rings. The first kappa shape index (κ1) is 44.7. The molecule has 0 aliphatic carbocycles. The van der Waals surface area contributed by atoms with Crippen LogP contribution < -0.4 is 40.3 Å². The van der Waals surface area contributed by atoms with E-state index in [-0.39, 0.29) is 24.1 Å². The van der Waals surface area contributed by atoms with Crippen molar-refractivity contribution in [3.05, 3.63) is 144 Å². The molecule has 6 heterocycles. The number of hydrogen-bond donors (Lipinski definition) is 3. The van der Waals surface area contributed by atoms with E-state index >= 15 is 0 Å². The Hall–Kier alpha value is -6.76. The van der Waals surface area contributed by atoms with Gasteiger partial charge in [0.2, 0.25) is 5.91 Å². The lowest BCUT2D eigenvalue weighted by molar-refractivity contribution is -0.162. The first-order valence-electron chi connectivity index (χ1n) is 24.4. The summed E-state index contributed by atoms with van der Waals surface area (Å²) in [5.41, 5.74) is 14.2. The predicted octanol–water partition coefficient (Wildman–Crippen LogP) is 8.15. The lowest BCUT2D eigenvalue weighted by atomic mass is 9.80. The Kier molecular flexibility index (Phi) is 12.1. The molecule has 13 heteroatoms. The smallest absolute Gasteiger partial charge is 0.262 e. The molecule has 12 nitrogen and oxygen atoms in total. The second kappa shape index (κ2) is 18.6. The third-order valence-corrected chi connectivity index (χ3v) is 15.1. The number of methoxy groups -OCH3 is 1. The Morgan fingerprint density at radius 1 is 0.754 bits per heavy atom. The van der Waals surface area contributed by atoms with Crippen LogP contribution in [0.15, 0.2) is 72.8 Å². The highest BCUT2D eigenvalue weighted by atomic mass is 35.5. The van der Waals surface area contributed by atoms with Crippen LogP contribution in [0.3, 0.4) is 0 Å². The number of nitrogens with zero attached hydrogens (tertiary/aromatic N) is 3. The Labute approximate surface area is 406 Å². The van der Waals surface area contributed by atoms with Crippen molar-refractivity contribution >= 4 is 63.4 Å². The number of aryl methyl sites for hydroxylation is 2. The molecule has 0 unspecified atom stereocenters. The summed E-state index contributed by atoms with van der Waals surface area (Å²) < 4.78 is 14.4. The summed E-state index contributed by atoms with van der Waals surface area (Å²) in [4.78, 5) is 50.8. The number of carbonyl (C=O) groups is 3. The number of unbranched alkanes of at least 4 members (excludes halogenated alkanes) is 1. The summed E-state index contributed by atoms with van der Waals surface area (Å²) in [6, 6.07) is 22.6. The molecule has 0 saturated heterocycles. The number of anilines is 2. The van der Waals surface area contributed by atoms with E-state index in [0.29, 0.717) is 64.3 Å². The number of halogens is 1. The Morgan fingerprint density at radius 2 is 1.36 bits per heavy atom. The van der Waals surface area contributed by atoms with E-state index in [2.05, 4.69) is 32.6 Å². The summed E-state index contributed by atoms with van der Waals surface area (Å²) >= 11 is 6.10. The number of aromatic nitrogens is 1. The van der Waals surface area contributed by atoms with Crippen molar-refractivity contribution in [2.24, 2.45) is 0 Å². The molecule has 1 aromatic heterocycles. The van der Waals surface area contributed by atoms with Gasteiger partial charge in [-0.1, -0.05) is 17.7 Å². The lowest BCUT2D eigenvalue weighted by Gasteiger charge is -2.41. The van der Waals surface area contributed by atoms with E-state index in [1.54, 1.807) is 48.1 Å². The summed E-state index contributed by atoms with van der Waals surface area (Å²) in [5, 5.41) is 18.8. The number of carbonyl (C=O) groups excluding carboxylic acids is 3. The molecule has 0 atom stereocenters. The van der Waals surface area contributed by atoms with Crippen molar-refractivity contribution in [2.75, 3.05) is 56.2 Å². The first-order valence-corrected chi connectivity index (χ1v) is 24.8. The minimum Gasteiger partial charge on any atom is -0.497 e. The predicted molar refractivity (Wildman–Crippen MR) is 269 cm³/mol. The molecule has 3 N–H and O–H groups in total. The Bertz CT molecular complexity index is 3130. The van der Waals surface area contributed by atoms with Crippen LogP contribution in [0, 0.1) is 6.92 Å². The van der Waals surface area contributed by atoms with Gasteiger partial charge in [0.05, 0.1) is 19.0 Å². The normalized spacial score (nSPS) is 15.7. The minimum atomic E-state index is -0.247. The minimum absolute atomic E-state index is 0.0767. The quantitative estimate of drug-likeness (QED) is 0.0668. The van der Waals surface area contributed by atoms with Gasteiger partial charge in [0.25, 0.3) is 11.8 Å². The first-order chi connectivity index (χ1) is 33.7. The Balaban J connectivity index is 0.817. The summed E-state index contributed by atoms with van der Waals surface area (Å²) in [6.07, 6.45) is 11.0. The van der Waals surface area contributed by atoms with Crippen molar-refractivity contribution in [1.29, 1.82) is 0 Å². The molecule has 0 radical (unpaired) electrons. The highest BCUT2D eigenvalue weighted by molar-refractivity contribution is 6.30. The number of nitrogens with one attached hydrogen (secondary N) is 2. The third kappa shape index (κ3) is 8.07. The van der Waals surface area contributed by atoms with E-state index in [1.165, 1.54) is 39.9 Å². The van der Waals surface area contributed by atoms with Crippen LogP contribution in [0.1, 0.15) is 104 Å². The molecule has 2 amide bonds. The van der Waals surface area contributed by atoms with Crippen LogP contribution in [-0.2, 0) is 41.8 Å². The zero-order valence-corrected chi connectivity index (χ0v) is 39.9. The van der Waals surface area contributed by atoms with Crippen molar-refractivity contribution in [1.82, 2.24) is 15.2 Å². The van der Waals surface area contributed by atoms with Crippen molar-refractivity contribution < 1.29 is 34.0 Å². The maximum absolute atomic E-state index is 13.8. The average Bonchev–Trinajstić information content (AvgIpc) is 3.64. The van der Waals surface area contributed by atoms with E-state index in [1.807, 2.05) is 31.2 Å². The molecule has 0 spiro atoms. The maximum Gasteiger partial charge on any atom is 0.262 e. The molecule has 6 aromatic rings. The lowest BCUT2D eigenvalue weighted by Crippen LogP contribution is -2.37. The van der Waals surface area contributed by atoms with E-state index in [0.717, 1.165) is 122 Å². The molecular formula is C56H56ClN5O7. The Morgan fingerprint density at radius 3 is 1.99 bits per heavy atom. The van der Waals surface area contributed by atoms with E-state index in [4.69, 9.17) is 26.0 Å². The molecule has 0 saturated carbocycles. The van der Waals surface area contributed by atoms with Gasteiger partial charge in [-0.2, -0.15) is 0 Å². The zero-order valence-electron chi connectivity index (χ0n) is 39.1. The number of hydrogen-bond acceptors (Lipinski definition) is 9. The van der Waals surface area contributed by atoms with Gasteiger partial charge in [-0.15, -0.1) is 0 Å². The van der Waals surface area contributed by atoms with Crippen LogP contribution in [-0.4, -0.2) is 73.9 Å². The van der Waals surface area contributed by atoms with E-state index < -0.39 is 0 Å². The monoisotopic (exact) mass is 945 g/mol. The number of ether oxygens (including phenoxy) is 2. The van der Waals surface area contributed by atoms with Crippen molar-refractivity contribution in [3.8, 4) is 17.2 Å². The van der Waals surface area contributed by atoms with Gasteiger partial charge in [-0.25, -0.2) is 5.26 Å². The molecule has 354 valence electrons. The fourth-order valence-electron chi connectivity index (χ4n) is 11.7. The van der Waals surface area contributed by atoms with Crippen LogP contribution in [0.4, 0.5) is 11.4 Å². The fourth-order valence-corrected chi connectivity index (χ4v) is 11.8. The summed E-state index contributed by atoms with van der Waals surface area (Å²) in [5.74, 6) is 1.86. The molecule has 5 aliphatic heterocycles. The number of fused-ring (bicyclic) bond motifs is 5. The summed E-state index contributed by atoms with van der Waals surface area (Å²) in [7, 11) is 1.59. The fraction of sp³-hybridized carbons (Fsp3) is 0.339. The van der Waals surface area contributed by atoms with Gasteiger partial charge in [-0.05, 0) is 160 Å². The SMILES string of the molecule is COc1ccc2c(c1)c(CC(=O)NCCCCNC(=O)c1ccc(=C3c4cc5c6c(c4Oc4c3cc3c7c4CCCN7CCC3)CCCN6CCC5)/c(=C/OO)c1)c(C)n2C(=O)c1ccc(Cl)cc1. The second-order valence-corrected chi connectivity index (χ2v) is 19.4. The second-order valence-electron chi connectivity index (χ2n) is 19.0. The summed E-state index contributed by atoms with van der Waals surface area (Å²) in [6.45, 7) is 6.92. The van der Waals surface area contributed by atoms with Gasteiger partial charge in [0.15, 0.2) is 0 Å². The van der Waals surface area contributed by atoms with Gasteiger partial charge in [-0.3, -0.25) is 19.0 Å². The van der Waals surface area contributed by atoms with Crippen LogP contribution in [0.25, 0.3) is 22.7 Å². The zero-order chi connectivity index (χ0) is 47.3. The van der Waals surface area contributed by atoms with Crippen molar-refractivity contribution in [3.63, 3.8) is 0 Å². The van der Waals surface area contributed by atoms with Crippen LogP contribution in [0.2, 0.25) is 5.02 Å². The van der Waals surface area contributed by atoms with Gasteiger partial charge in [0.1, 0.15) is 23.5 Å². The van der Waals surface area contributed by atoms with Gasteiger partial charge >= 0.3 is 0 Å². The number of benzene rings is 5. The van der Waals surface area contributed by atoms with Crippen LogP contribution in [0.5, 0.6) is 17.2 Å². The number of amides is 2. The molecular weight excluding hydrogens is 890 g/mol. The molecule has 69 heavy (non-hydrogen) atoms. The highest BCUT2D eigenvalue weighted by Gasteiger charge is 2.37. The van der Waals surface area contributed by atoms with Gasteiger partial charge in [0, 0.05) is 111 Å². The molecule has 11 rings (SSSR count). The van der Waals surface area contributed by atoms with E-state index in [9.17, 15) is 19.6 Å². The molecule has 5 aromatic carbocycles. The maximum atomic E-state index is 13.8.